The van der Waals surface area contributed by atoms with Crippen molar-refractivity contribution < 1.29 is 22.7 Å². The first-order valence-electron chi connectivity index (χ1n) is 11.6. The molecule has 1 aliphatic heterocycles. The molecular formula is C25H27NO5S. The summed E-state index contributed by atoms with van der Waals surface area (Å²) in [5.41, 5.74) is 0.130. The molecule has 0 amide bonds. The molecule has 0 saturated heterocycles. The molecule has 7 heteroatoms. The van der Waals surface area contributed by atoms with Crippen molar-refractivity contribution in [1.82, 2.24) is 0 Å². The third-order valence-electron chi connectivity index (χ3n) is 8.19. The molecule has 7 rings (SSSR count). The van der Waals surface area contributed by atoms with Gasteiger partial charge in [-0.05, 0) is 80.7 Å². The number of ether oxygens (including phenoxy) is 1. The Morgan fingerprint density at radius 1 is 1.03 bits per heavy atom. The van der Waals surface area contributed by atoms with Crippen LogP contribution < -0.4 is 4.31 Å². The van der Waals surface area contributed by atoms with E-state index in [1.807, 2.05) is 12.1 Å². The number of ketones is 1. The lowest BCUT2D eigenvalue weighted by molar-refractivity contribution is -0.164. The number of rotatable bonds is 5. The van der Waals surface area contributed by atoms with Crippen LogP contribution in [0.15, 0.2) is 41.3 Å². The molecule has 32 heavy (non-hydrogen) atoms. The molecule has 5 aliphatic rings. The van der Waals surface area contributed by atoms with Gasteiger partial charge in [0.05, 0.1) is 10.6 Å². The van der Waals surface area contributed by atoms with Crippen LogP contribution >= 0.6 is 0 Å². The van der Waals surface area contributed by atoms with E-state index in [0.717, 1.165) is 29.0 Å². The topological polar surface area (TPSA) is 80.8 Å². The molecule has 1 heterocycles. The first kappa shape index (κ1) is 20.2. The van der Waals surface area contributed by atoms with Gasteiger partial charge in [-0.2, -0.15) is 0 Å². The number of hydrogen-bond donors (Lipinski definition) is 0. The average molecular weight is 454 g/mol. The quantitative estimate of drug-likeness (QED) is 0.638. The van der Waals surface area contributed by atoms with E-state index in [-0.39, 0.29) is 16.1 Å². The fourth-order valence-electron chi connectivity index (χ4n) is 7.38. The molecule has 168 valence electrons. The maximum atomic E-state index is 13.4. The molecule has 4 aliphatic carbocycles. The van der Waals surface area contributed by atoms with Gasteiger partial charge < -0.3 is 4.74 Å². The Balaban J connectivity index is 1.20. The molecule has 0 radical (unpaired) electrons. The van der Waals surface area contributed by atoms with E-state index in [9.17, 15) is 18.0 Å². The fraction of sp³-hybridized carbons (Fsp3) is 0.520. The van der Waals surface area contributed by atoms with Crippen LogP contribution in [0.1, 0.15) is 45.4 Å². The minimum atomic E-state index is -3.84. The summed E-state index contributed by atoms with van der Waals surface area (Å²) in [4.78, 5) is 26.4. The summed E-state index contributed by atoms with van der Waals surface area (Å²) in [5, 5.41) is 1.44. The molecule has 2 aromatic rings. The third-order valence-corrected chi connectivity index (χ3v) is 9.99. The van der Waals surface area contributed by atoms with Gasteiger partial charge in [0.2, 0.25) is 0 Å². The molecule has 1 atom stereocenters. The zero-order chi connectivity index (χ0) is 22.3. The van der Waals surface area contributed by atoms with Crippen LogP contribution in [-0.2, 0) is 24.3 Å². The standard InChI is InChI=1S/C25H27NO5S/c1-15(24(28)25-11-16-8-17(12-25)10-18(9-16)13-25)31-22(27)14-26-20-6-2-4-19-5-3-7-21(23(19)20)32(26,29)30/h2-7,15-18H,8-14H2,1H3. The zero-order valence-corrected chi connectivity index (χ0v) is 18.9. The Hall–Kier alpha value is -2.41. The highest BCUT2D eigenvalue weighted by atomic mass is 32.2. The fourth-order valence-corrected chi connectivity index (χ4v) is 9.03. The van der Waals surface area contributed by atoms with Gasteiger partial charge in [0.25, 0.3) is 10.0 Å². The van der Waals surface area contributed by atoms with Crippen LogP contribution in [0.2, 0.25) is 0 Å². The minimum absolute atomic E-state index is 0.0274. The van der Waals surface area contributed by atoms with Crippen molar-refractivity contribution in [3.63, 3.8) is 0 Å². The summed E-state index contributed by atoms with van der Waals surface area (Å²) in [6, 6.07) is 10.4. The first-order chi connectivity index (χ1) is 15.3. The van der Waals surface area contributed by atoms with Gasteiger partial charge in [-0.15, -0.1) is 0 Å². The monoisotopic (exact) mass is 453 g/mol. The van der Waals surface area contributed by atoms with Gasteiger partial charge in [-0.1, -0.05) is 24.3 Å². The maximum absolute atomic E-state index is 13.4. The lowest BCUT2D eigenvalue weighted by Crippen LogP contribution is -2.53. The first-order valence-corrected chi connectivity index (χ1v) is 13.0. The van der Waals surface area contributed by atoms with Gasteiger partial charge in [0.1, 0.15) is 6.54 Å². The van der Waals surface area contributed by atoms with Crippen LogP contribution in [0.25, 0.3) is 10.8 Å². The predicted molar refractivity (Wildman–Crippen MR) is 120 cm³/mol. The van der Waals surface area contributed by atoms with E-state index in [0.29, 0.717) is 28.8 Å². The number of nitrogens with zero attached hydrogens (tertiary/aromatic N) is 1. The van der Waals surface area contributed by atoms with Crippen molar-refractivity contribution in [3.8, 4) is 0 Å². The molecule has 2 aromatic carbocycles. The highest BCUT2D eigenvalue weighted by Crippen LogP contribution is 2.60. The molecule has 4 bridgehead atoms. The SMILES string of the molecule is CC(OC(=O)CN1c2cccc3cccc(c23)S1(=O)=O)C(=O)C12CC3CC(CC(C3)C1)C2. The van der Waals surface area contributed by atoms with E-state index < -0.39 is 28.6 Å². The summed E-state index contributed by atoms with van der Waals surface area (Å²) < 4.78 is 32.9. The summed E-state index contributed by atoms with van der Waals surface area (Å²) >= 11 is 0. The van der Waals surface area contributed by atoms with Gasteiger partial charge in [-0.25, -0.2) is 8.42 Å². The highest BCUT2D eigenvalue weighted by molar-refractivity contribution is 7.93. The van der Waals surface area contributed by atoms with E-state index in [1.165, 1.54) is 19.3 Å². The van der Waals surface area contributed by atoms with E-state index in [2.05, 4.69) is 0 Å². The van der Waals surface area contributed by atoms with Crippen molar-refractivity contribution in [2.24, 2.45) is 23.2 Å². The second-order valence-corrected chi connectivity index (χ2v) is 12.2. The molecule has 0 aromatic heterocycles. The second kappa shape index (κ2) is 6.80. The normalized spacial score (nSPS) is 32.3. The number of hydrogen-bond acceptors (Lipinski definition) is 5. The number of esters is 1. The minimum Gasteiger partial charge on any atom is -0.453 e. The lowest BCUT2D eigenvalue weighted by atomic mass is 9.48. The van der Waals surface area contributed by atoms with Gasteiger partial charge in [-0.3, -0.25) is 13.9 Å². The van der Waals surface area contributed by atoms with Gasteiger partial charge in [0, 0.05) is 10.8 Å². The van der Waals surface area contributed by atoms with Crippen LogP contribution in [-0.4, -0.2) is 32.8 Å². The number of sulfonamides is 1. The van der Waals surface area contributed by atoms with E-state index >= 15 is 0 Å². The number of Topliss-reactive ketones (excluding diaryl/α,β-unsaturated/α-hetero) is 1. The van der Waals surface area contributed by atoms with Crippen molar-refractivity contribution in [2.75, 3.05) is 10.8 Å². The molecule has 0 N–H and O–H groups in total. The summed E-state index contributed by atoms with van der Waals surface area (Å²) in [5.74, 6) is 1.22. The Kier molecular flexibility index (Phi) is 4.29. The van der Waals surface area contributed by atoms with Gasteiger partial charge >= 0.3 is 5.97 Å². The van der Waals surface area contributed by atoms with E-state index in [4.69, 9.17) is 4.74 Å². The molecule has 1 unspecified atom stereocenters. The Labute approximate surface area is 188 Å². The lowest BCUT2D eigenvalue weighted by Gasteiger charge is -2.56. The highest BCUT2D eigenvalue weighted by Gasteiger charge is 2.55. The Morgan fingerprint density at radius 3 is 2.25 bits per heavy atom. The maximum Gasteiger partial charge on any atom is 0.327 e. The zero-order valence-electron chi connectivity index (χ0n) is 18.1. The van der Waals surface area contributed by atoms with Crippen molar-refractivity contribution in [2.45, 2.75) is 56.4 Å². The molecule has 6 nitrogen and oxygen atoms in total. The predicted octanol–water partition coefficient (Wildman–Crippen LogP) is 4.07. The summed E-state index contributed by atoms with van der Waals surface area (Å²) in [6.45, 7) is 1.21. The summed E-state index contributed by atoms with van der Waals surface area (Å²) in [7, 11) is -3.84. The second-order valence-electron chi connectivity index (χ2n) is 10.3. The molecule has 4 fully saturated rings. The van der Waals surface area contributed by atoms with Crippen LogP contribution in [0.5, 0.6) is 0 Å². The van der Waals surface area contributed by atoms with Crippen molar-refractivity contribution in [3.05, 3.63) is 36.4 Å². The van der Waals surface area contributed by atoms with Gasteiger partial charge in [0.15, 0.2) is 11.9 Å². The summed E-state index contributed by atoms with van der Waals surface area (Å²) in [6.07, 6.45) is 5.59. The number of benzene rings is 2. The van der Waals surface area contributed by atoms with Crippen LogP contribution in [0.3, 0.4) is 0 Å². The van der Waals surface area contributed by atoms with E-state index in [1.54, 1.807) is 31.2 Å². The number of carbonyl (C=O) groups is 2. The Bertz CT molecular complexity index is 1210. The van der Waals surface area contributed by atoms with Crippen molar-refractivity contribution in [1.29, 1.82) is 0 Å². The number of anilines is 1. The smallest absolute Gasteiger partial charge is 0.327 e. The van der Waals surface area contributed by atoms with Crippen molar-refractivity contribution >= 4 is 38.2 Å². The Morgan fingerprint density at radius 2 is 1.62 bits per heavy atom. The third kappa shape index (κ3) is 2.86. The average Bonchev–Trinajstić information content (AvgIpc) is 2.95. The number of carbonyl (C=O) groups excluding carboxylic acids is 2. The van der Waals surface area contributed by atoms with Crippen LogP contribution in [0, 0.1) is 23.2 Å². The molecule has 0 spiro atoms. The molecule has 4 saturated carbocycles. The largest absolute Gasteiger partial charge is 0.453 e. The molecular weight excluding hydrogens is 426 g/mol. The van der Waals surface area contributed by atoms with Crippen LogP contribution in [0.4, 0.5) is 5.69 Å².